The first-order valence-electron chi connectivity index (χ1n) is 3.93. The van der Waals surface area contributed by atoms with Gasteiger partial charge in [0.2, 0.25) is 0 Å². The van der Waals surface area contributed by atoms with E-state index < -0.39 is 5.24 Å². The van der Waals surface area contributed by atoms with Gasteiger partial charge >= 0.3 is 0 Å². The number of nitrogens with zero attached hydrogens (tertiary/aromatic N) is 1. The maximum atomic E-state index is 10.9. The average molecular weight is 212 g/mol. The first-order chi connectivity index (χ1) is 6.77. The molecule has 0 saturated heterocycles. The number of carbonyl (C=O) groups excluding carboxylic acids is 1. The summed E-state index contributed by atoms with van der Waals surface area (Å²) in [4.78, 5) is 10.9. The Kier molecular flexibility index (Phi) is 2.37. The second kappa shape index (κ2) is 3.67. The van der Waals surface area contributed by atoms with Gasteiger partial charge in [0.1, 0.15) is 5.76 Å². The minimum atomic E-state index is -0.576. The topological polar surface area (TPSA) is 56.2 Å². The fourth-order valence-corrected chi connectivity index (χ4v) is 1.28. The lowest BCUT2D eigenvalue weighted by Gasteiger charge is -1.92. The van der Waals surface area contributed by atoms with Gasteiger partial charge in [-0.2, -0.15) is 0 Å². The van der Waals surface area contributed by atoms with Gasteiger partial charge in [-0.05, 0) is 23.7 Å². The second-order valence-corrected chi connectivity index (χ2v) is 3.04. The molecule has 0 saturated carbocycles. The van der Waals surface area contributed by atoms with Crippen molar-refractivity contribution >= 4 is 16.8 Å². The second-order valence-electron chi connectivity index (χ2n) is 2.69. The molecule has 72 valence electrons. The third-order valence-electron chi connectivity index (χ3n) is 1.77. The van der Waals surface area contributed by atoms with Crippen molar-refractivity contribution in [3.8, 4) is 0 Å². The zero-order chi connectivity index (χ0) is 9.97. The van der Waals surface area contributed by atoms with Crippen LogP contribution in [0, 0.1) is 0 Å². The van der Waals surface area contributed by atoms with E-state index in [1.54, 1.807) is 18.4 Å². The molecule has 2 aromatic rings. The molecule has 0 aliphatic heterocycles. The number of hydrogen-bond donors (Lipinski definition) is 0. The van der Waals surface area contributed by atoms with Crippen molar-refractivity contribution in [2.75, 3.05) is 0 Å². The SMILES string of the molecule is O=C(Cl)c1cnoc1Cc1ccco1. The van der Waals surface area contributed by atoms with E-state index in [0.29, 0.717) is 17.9 Å². The van der Waals surface area contributed by atoms with Crippen LogP contribution in [0.1, 0.15) is 21.9 Å². The summed E-state index contributed by atoms with van der Waals surface area (Å²) >= 11 is 5.32. The molecule has 0 aliphatic rings. The maximum Gasteiger partial charge on any atom is 0.257 e. The molecule has 14 heavy (non-hydrogen) atoms. The van der Waals surface area contributed by atoms with Crippen LogP contribution in [0.4, 0.5) is 0 Å². The number of aromatic nitrogens is 1. The molecule has 5 heteroatoms. The number of furan rings is 1. The predicted molar refractivity (Wildman–Crippen MR) is 48.2 cm³/mol. The van der Waals surface area contributed by atoms with Crippen LogP contribution in [0.2, 0.25) is 0 Å². The van der Waals surface area contributed by atoms with Crippen molar-refractivity contribution in [2.24, 2.45) is 0 Å². The number of hydrogen-bond acceptors (Lipinski definition) is 4. The average Bonchev–Trinajstić information content (AvgIpc) is 2.75. The molecule has 0 spiro atoms. The first kappa shape index (κ1) is 9.02. The Morgan fingerprint density at radius 1 is 1.57 bits per heavy atom. The van der Waals surface area contributed by atoms with Gasteiger partial charge in [0.25, 0.3) is 5.24 Å². The molecule has 4 nitrogen and oxygen atoms in total. The van der Waals surface area contributed by atoms with Crippen LogP contribution in [0.25, 0.3) is 0 Å². The van der Waals surface area contributed by atoms with Crippen molar-refractivity contribution in [3.63, 3.8) is 0 Å². The highest BCUT2D eigenvalue weighted by Crippen LogP contribution is 2.15. The monoisotopic (exact) mass is 211 g/mol. The Morgan fingerprint density at radius 2 is 2.43 bits per heavy atom. The highest BCUT2D eigenvalue weighted by molar-refractivity contribution is 6.67. The molecule has 0 fully saturated rings. The summed E-state index contributed by atoms with van der Waals surface area (Å²) in [6.07, 6.45) is 3.22. The van der Waals surface area contributed by atoms with Crippen molar-refractivity contribution in [1.29, 1.82) is 0 Å². The van der Waals surface area contributed by atoms with E-state index in [-0.39, 0.29) is 5.56 Å². The number of rotatable bonds is 3. The van der Waals surface area contributed by atoms with Crippen LogP contribution < -0.4 is 0 Å². The van der Waals surface area contributed by atoms with E-state index in [9.17, 15) is 4.79 Å². The first-order valence-corrected chi connectivity index (χ1v) is 4.31. The lowest BCUT2D eigenvalue weighted by atomic mass is 10.2. The molecule has 0 N–H and O–H groups in total. The molecule has 0 bridgehead atoms. The summed E-state index contributed by atoms with van der Waals surface area (Å²) in [6, 6.07) is 3.54. The van der Waals surface area contributed by atoms with Crippen molar-refractivity contribution < 1.29 is 13.7 Å². The predicted octanol–water partition coefficient (Wildman–Crippen LogP) is 2.24. The van der Waals surface area contributed by atoms with Crippen LogP contribution in [-0.2, 0) is 6.42 Å². The molecule has 0 radical (unpaired) electrons. The van der Waals surface area contributed by atoms with Gasteiger partial charge in [0.05, 0.1) is 24.4 Å². The third-order valence-corrected chi connectivity index (χ3v) is 1.98. The summed E-state index contributed by atoms with van der Waals surface area (Å²) in [7, 11) is 0. The van der Waals surface area contributed by atoms with Crippen molar-refractivity contribution in [2.45, 2.75) is 6.42 Å². The highest BCUT2D eigenvalue weighted by Gasteiger charge is 2.15. The van der Waals surface area contributed by atoms with Gasteiger partial charge in [-0.3, -0.25) is 4.79 Å². The van der Waals surface area contributed by atoms with E-state index in [0.717, 1.165) is 0 Å². The largest absolute Gasteiger partial charge is 0.469 e. The fraction of sp³-hybridized carbons (Fsp3) is 0.111. The third kappa shape index (κ3) is 1.70. The van der Waals surface area contributed by atoms with Crippen LogP contribution >= 0.6 is 11.6 Å². The van der Waals surface area contributed by atoms with Crippen LogP contribution in [0.15, 0.2) is 33.5 Å². The summed E-state index contributed by atoms with van der Waals surface area (Å²) in [5.41, 5.74) is 0.281. The van der Waals surface area contributed by atoms with E-state index in [1.165, 1.54) is 6.20 Å². The normalized spacial score (nSPS) is 10.4. The number of carbonyl (C=O) groups is 1. The minimum Gasteiger partial charge on any atom is -0.469 e. The molecule has 2 rings (SSSR count). The van der Waals surface area contributed by atoms with E-state index in [4.69, 9.17) is 20.5 Å². The van der Waals surface area contributed by atoms with E-state index in [2.05, 4.69) is 5.16 Å². The molecule has 2 heterocycles. The maximum absolute atomic E-state index is 10.9. The molecule has 0 atom stereocenters. The van der Waals surface area contributed by atoms with Crippen LogP contribution in [0.5, 0.6) is 0 Å². The Balaban J connectivity index is 2.25. The van der Waals surface area contributed by atoms with E-state index >= 15 is 0 Å². The quantitative estimate of drug-likeness (QED) is 0.731. The summed E-state index contributed by atoms with van der Waals surface area (Å²) < 4.78 is 9.98. The fourth-order valence-electron chi connectivity index (χ4n) is 1.12. The van der Waals surface area contributed by atoms with E-state index in [1.807, 2.05) is 0 Å². The van der Waals surface area contributed by atoms with Crippen LogP contribution in [0.3, 0.4) is 0 Å². The van der Waals surface area contributed by atoms with Gasteiger partial charge in [-0.15, -0.1) is 0 Å². The number of halogens is 1. The molecule has 0 unspecified atom stereocenters. The van der Waals surface area contributed by atoms with Crippen molar-refractivity contribution in [3.05, 3.63) is 41.7 Å². The smallest absolute Gasteiger partial charge is 0.257 e. The molecular formula is C9H6ClNO3. The van der Waals surface area contributed by atoms with Gasteiger partial charge in [-0.25, -0.2) is 0 Å². The zero-order valence-corrected chi connectivity index (χ0v) is 7.82. The van der Waals surface area contributed by atoms with Gasteiger partial charge < -0.3 is 8.94 Å². The molecule has 0 amide bonds. The summed E-state index contributed by atoms with van der Waals surface area (Å²) in [5.74, 6) is 1.11. The summed E-state index contributed by atoms with van der Waals surface area (Å²) in [5, 5.41) is 2.93. The molecular weight excluding hydrogens is 206 g/mol. The Hall–Kier alpha value is -1.55. The zero-order valence-electron chi connectivity index (χ0n) is 7.07. The standard InChI is InChI=1S/C9H6ClNO3/c10-9(12)7-5-11-14-8(7)4-6-2-1-3-13-6/h1-3,5H,4H2. The molecule has 2 aromatic heterocycles. The van der Waals surface area contributed by atoms with Crippen LogP contribution in [-0.4, -0.2) is 10.4 Å². The van der Waals surface area contributed by atoms with Gasteiger partial charge in [0.15, 0.2) is 5.76 Å². The Labute approximate surface area is 84.4 Å². The molecule has 0 aliphatic carbocycles. The highest BCUT2D eigenvalue weighted by atomic mass is 35.5. The minimum absolute atomic E-state index is 0.281. The lowest BCUT2D eigenvalue weighted by Crippen LogP contribution is -1.93. The van der Waals surface area contributed by atoms with Gasteiger partial charge in [-0.1, -0.05) is 5.16 Å². The molecule has 0 aromatic carbocycles. The Morgan fingerprint density at radius 3 is 3.07 bits per heavy atom. The van der Waals surface area contributed by atoms with Crippen molar-refractivity contribution in [1.82, 2.24) is 5.16 Å². The summed E-state index contributed by atoms with van der Waals surface area (Å²) in [6.45, 7) is 0. The van der Waals surface area contributed by atoms with Gasteiger partial charge in [0, 0.05) is 0 Å². The Bertz CT molecular complexity index is 433. The lowest BCUT2D eigenvalue weighted by molar-refractivity contribution is 0.107.